The summed E-state index contributed by atoms with van der Waals surface area (Å²) in [6, 6.07) is 0. The van der Waals surface area contributed by atoms with Gasteiger partial charge in [-0.05, 0) is 36.5 Å². The minimum atomic E-state index is -2.04. The molecule has 0 saturated carbocycles. The van der Waals surface area contributed by atoms with Crippen molar-refractivity contribution >= 4 is 20.6 Å². The molecule has 158 valence electrons. The predicted octanol–water partition coefficient (Wildman–Crippen LogP) is 5.77. The van der Waals surface area contributed by atoms with E-state index in [-0.39, 0.29) is 41.0 Å². The molecule has 0 heterocycles. The molecule has 0 aliphatic heterocycles. The third-order valence-electron chi connectivity index (χ3n) is 6.01. The van der Waals surface area contributed by atoms with Crippen LogP contribution in [0.1, 0.15) is 68.7 Å². The molecule has 0 aromatic heterocycles. The van der Waals surface area contributed by atoms with Crippen molar-refractivity contribution in [2.75, 3.05) is 0 Å². The van der Waals surface area contributed by atoms with Gasteiger partial charge >= 0.3 is 5.97 Å². The Kier molecular flexibility index (Phi) is 10.2. The highest BCUT2D eigenvalue weighted by Gasteiger charge is 2.43. The Morgan fingerprint density at radius 1 is 1.07 bits per heavy atom. The van der Waals surface area contributed by atoms with E-state index >= 15 is 0 Å². The fraction of sp³-hybridized carbons (Fsp3) is 0.818. The Morgan fingerprint density at radius 3 is 1.96 bits per heavy atom. The monoisotopic (exact) mass is 398 g/mol. The van der Waals surface area contributed by atoms with E-state index in [0.29, 0.717) is 5.57 Å². The second-order valence-corrected chi connectivity index (χ2v) is 14.3. The van der Waals surface area contributed by atoms with Gasteiger partial charge in [0.2, 0.25) is 0 Å². The average Bonchev–Trinajstić information content (AvgIpc) is 2.54. The van der Waals surface area contributed by atoms with Gasteiger partial charge in [-0.1, -0.05) is 61.0 Å². The Balaban J connectivity index is 5.98. The molecule has 0 amide bonds. The summed E-state index contributed by atoms with van der Waals surface area (Å²) >= 11 is 0. The highest BCUT2D eigenvalue weighted by atomic mass is 28.4. The van der Waals surface area contributed by atoms with E-state index < -0.39 is 8.32 Å². The summed E-state index contributed by atoms with van der Waals surface area (Å²) in [4.78, 5) is 22.9. The van der Waals surface area contributed by atoms with E-state index in [0.717, 1.165) is 12.7 Å². The summed E-state index contributed by atoms with van der Waals surface area (Å²) in [5.41, 5.74) is 0.700. The van der Waals surface area contributed by atoms with Crippen molar-refractivity contribution in [3.63, 3.8) is 0 Å². The molecule has 0 N–H and O–H groups in total. The molecule has 5 atom stereocenters. The minimum absolute atomic E-state index is 0.0173. The maximum atomic E-state index is 11.7. The first-order valence-corrected chi connectivity index (χ1v) is 13.1. The van der Waals surface area contributed by atoms with Crippen LogP contribution in [0.5, 0.6) is 0 Å². The van der Waals surface area contributed by atoms with Gasteiger partial charge in [0.15, 0.2) is 8.32 Å². The number of aldehydes is 1. The van der Waals surface area contributed by atoms with Gasteiger partial charge in [0.05, 0.1) is 6.10 Å². The molecular weight excluding hydrogens is 356 g/mol. The zero-order valence-electron chi connectivity index (χ0n) is 19.4. The van der Waals surface area contributed by atoms with Crippen molar-refractivity contribution in [1.29, 1.82) is 0 Å². The standard InChI is InChI=1S/C22H42O4Si/c1-12-16(3)20(25-19(6)24)18(5)21(17(4)13-15(2)14-23)26-27(10,11)22(7,8)9/h13-14,16-18,20-21H,12H2,1-11H3/b15-13+/t16-,17+,18-,20+,21+/m0/s1. The van der Waals surface area contributed by atoms with Gasteiger partial charge in [-0.3, -0.25) is 9.59 Å². The van der Waals surface area contributed by atoms with E-state index in [1.165, 1.54) is 6.92 Å². The van der Waals surface area contributed by atoms with Crippen molar-refractivity contribution in [1.82, 2.24) is 0 Å². The molecule has 0 aromatic carbocycles. The third kappa shape index (κ3) is 7.90. The summed E-state index contributed by atoms with van der Waals surface area (Å²) < 4.78 is 12.5. The lowest BCUT2D eigenvalue weighted by Gasteiger charge is -2.44. The van der Waals surface area contributed by atoms with Crippen molar-refractivity contribution in [2.24, 2.45) is 17.8 Å². The zero-order valence-corrected chi connectivity index (χ0v) is 20.4. The number of ether oxygens (including phenoxy) is 1. The number of rotatable bonds is 10. The van der Waals surface area contributed by atoms with Crippen LogP contribution in [-0.2, 0) is 18.8 Å². The van der Waals surface area contributed by atoms with Crippen LogP contribution in [0.15, 0.2) is 11.6 Å². The topological polar surface area (TPSA) is 52.6 Å². The maximum absolute atomic E-state index is 11.7. The van der Waals surface area contributed by atoms with Gasteiger partial charge in [0, 0.05) is 18.8 Å². The zero-order chi connectivity index (χ0) is 21.6. The van der Waals surface area contributed by atoms with E-state index in [9.17, 15) is 9.59 Å². The molecule has 0 bridgehead atoms. The number of hydrogen-bond acceptors (Lipinski definition) is 4. The van der Waals surface area contributed by atoms with Crippen LogP contribution in [0.25, 0.3) is 0 Å². The SMILES string of the molecule is CC[C@H](C)[C@@H](OC(C)=O)[C@H](C)[C@H](O[Si](C)(C)C(C)(C)C)[C@H](C)/C=C(\C)C=O. The van der Waals surface area contributed by atoms with Crippen molar-refractivity contribution in [2.45, 2.75) is 99.1 Å². The van der Waals surface area contributed by atoms with Crippen LogP contribution in [0.3, 0.4) is 0 Å². The van der Waals surface area contributed by atoms with Crippen LogP contribution in [0, 0.1) is 17.8 Å². The molecule has 0 aliphatic carbocycles. The molecule has 5 heteroatoms. The maximum Gasteiger partial charge on any atom is 0.302 e. The fourth-order valence-corrected chi connectivity index (χ4v) is 4.58. The fourth-order valence-electron chi connectivity index (χ4n) is 3.11. The van der Waals surface area contributed by atoms with Crippen LogP contribution in [0.2, 0.25) is 18.1 Å². The first-order chi connectivity index (χ1) is 12.2. The molecule has 0 saturated heterocycles. The minimum Gasteiger partial charge on any atom is -0.462 e. The lowest BCUT2D eigenvalue weighted by Crippen LogP contribution is -2.50. The Labute approximate surface area is 168 Å². The van der Waals surface area contributed by atoms with Gasteiger partial charge in [0.1, 0.15) is 12.4 Å². The van der Waals surface area contributed by atoms with Crippen LogP contribution in [-0.4, -0.2) is 32.8 Å². The van der Waals surface area contributed by atoms with E-state index in [1.807, 2.05) is 13.0 Å². The highest BCUT2D eigenvalue weighted by molar-refractivity contribution is 6.74. The Hall–Kier alpha value is -0.943. The van der Waals surface area contributed by atoms with E-state index in [4.69, 9.17) is 9.16 Å². The summed E-state index contributed by atoms with van der Waals surface area (Å²) in [5, 5.41) is 0.0708. The molecule has 0 fully saturated rings. The van der Waals surface area contributed by atoms with Gasteiger partial charge in [0.25, 0.3) is 0 Å². The highest BCUT2D eigenvalue weighted by Crippen LogP contribution is 2.40. The van der Waals surface area contributed by atoms with Crippen LogP contribution >= 0.6 is 0 Å². The Bertz CT molecular complexity index is 519. The molecule has 4 nitrogen and oxygen atoms in total. The first kappa shape index (κ1) is 26.1. The molecule has 0 radical (unpaired) electrons. The molecule has 0 aliphatic rings. The summed E-state index contributed by atoms with van der Waals surface area (Å²) in [5.74, 6) is 0.0355. The van der Waals surface area contributed by atoms with Crippen molar-refractivity contribution in [3.8, 4) is 0 Å². The molecule has 0 unspecified atom stereocenters. The number of carbonyl (C=O) groups is 2. The normalized spacial score (nSPS) is 19.0. The van der Waals surface area contributed by atoms with Crippen molar-refractivity contribution < 1.29 is 18.8 Å². The second-order valence-electron chi connectivity index (χ2n) is 9.55. The first-order valence-electron chi connectivity index (χ1n) is 10.2. The van der Waals surface area contributed by atoms with Crippen LogP contribution in [0.4, 0.5) is 0 Å². The van der Waals surface area contributed by atoms with E-state index in [1.54, 1.807) is 0 Å². The lowest BCUT2D eigenvalue weighted by atomic mass is 9.82. The van der Waals surface area contributed by atoms with Gasteiger partial charge in [-0.25, -0.2) is 0 Å². The Morgan fingerprint density at radius 2 is 1.59 bits per heavy atom. The molecule has 0 rings (SSSR count). The number of carbonyl (C=O) groups excluding carboxylic acids is 2. The summed E-state index contributed by atoms with van der Waals surface area (Å²) in [6.07, 6.45) is 3.44. The number of allylic oxidation sites excluding steroid dienone is 1. The number of hydrogen-bond donors (Lipinski definition) is 0. The smallest absolute Gasteiger partial charge is 0.302 e. The summed E-state index contributed by atoms with van der Waals surface area (Å²) in [7, 11) is -2.04. The van der Waals surface area contributed by atoms with Crippen molar-refractivity contribution in [3.05, 3.63) is 11.6 Å². The average molecular weight is 399 g/mol. The van der Waals surface area contributed by atoms with Crippen LogP contribution < -0.4 is 0 Å². The van der Waals surface area contributed by atoms with Gasteiger partial charge in [-0.15, -0.1) is 0 Å². The largest absolute Gasteiger partial charge is 0.462 e. The quantitative estimate of drug-likeness (QED) is 0.203. The molecule has 27 heavy (non-hydrogen) atoms. The third-order valence-corrected chi connectivity index (χ3v) is 10.5. The number of esters is 1. The molecule has 0 spiro atoms. The molecular formula is C22H42O4Si. The predicted molar refractivity (Wildman–Crippen MR) is 115 cm³/mol. The van der Waals surface area contributed by atoms with Gasteiger partial charge < -0.3 is 9.16 Å². The van der Waals surface area contributed by atoms with Gasteiger partial charge in [-0.2, -0.15) is 0 Å². The van der Waals surface area contributed by atoms with E-state index in [2.05, 4.69) is 61.6 Å². The summed E-state index contributed by atoms with van der Waals surface area (Å²) in [6.45, 7) is 22.8. The second kappa shape index (κ2) is 10.6. The molecule has 0 aromatic rings. The lowest BCUT2D eigenvalue weighted by molar-refractivity contribution is -0.155.